The topological polar surface area (TPSA) is 40.5 Å². The maximum absolute atomic E-state index is 6.18. The van der Waals surface area contributed by atoms with Gasteiger partial charge in [-0.15, -0.1) is 0 Å². The zero-order valence-corrected chi connectivity index (χ0v) is 15.8. The van der Waals surface area contributed by atoms with E-state index in [4.69, 9.17) is 36.2 Å². The van der Waals surface area contributed by atoms with Gasteiger partial charge in [0.25, 0.3) is 0 Å². The van der Waals surface area contributed by atoms with Crippen LogP contribution in [0.3, 0.4) is 0 Å². The van der Waals surface area contributed by atoms with Crippen LogP contribution in [0.1, 0.15) is 55.7 Å². The first-order chi connectivity index (χ1) is 10.7. The second-order valence-corrected chi connectivity index (χ2v) is 2.00. The van der Waals surface area contributed by atoms with E-state index in [-0.39, 0.29) is 62.1 Å². The van der Waals surface area contributed by atoms with Gasteiger partial charge in [0.05, 0.1) is 0 Å². The van der Waals surface area contributed by atoms with Crippen LogP contribution in [-0.2, 0) is 34.1 Å². The molecule has 0 aliphatic rings. The molecule has 0 bridgehead atoms. The molecule has 0 fully saturated rings. The quantitative estimate of drug-likeness (QED) is 0.172. The van der Waals surface area contributed by atoms with Crippen molar-refractivity contribution in [2.45, 2.75) is 50.0 Å². The molecule has 0 aromatic heterocycles. The molecule has 0 amide bonds. The fraction of sp³-hybridized carbons (Fsp3) is 0.304. The fourth-order valence-electron chi connectivity index (χ4n) is 0.250. The van der Waals surface area contributed by atoms with Crippen LogP contribution in [0.15, 0.2) is 0 Å². The molecular weight excluding hydrogens is 420 g/mol. The zero-order chi connectivity index (χ0) is 18.5. The van der Waals surface area contributed by atoms with Crippen molar-refractivity contribution in [1.82, 2.24) is 0 Å². The van der Waals surface area contributed by atoms with Crippen LogP contribution in [0, 0.1) is 96.7 Å². The Bertz CT molecular complexity index is 531. The molecule has 0 aromatic carbocycles. The first-order valence-electron chi connectivity index (χ1n) is 5.20. The standard InChI is InChI=1S/4C5H3.3CH4.2Fe.H2O2.4H2/c4*1-3-5-4-2;;;;;;1-2;;;;/h4*1H3;3*1H4;;;1-2H;4*1H/q4*-1;;;;+2;+3;;;;;. The van der Waals surface area contributed by atoms with Gasteiger partial charge in [0.2, 0.25) is 0 Å². The van der Waals surface area contributed by atoms with Crippen molar-refractivity contribution >= 4 is 0 Å². The maximum atomic E-state index is 6.18. The van der Waals surface area contributed by atoms with Gasteiger partial charge < -0.3 is 25.7 Å². The van der Waals surface area contributed by atoms with Gasteiger partial charge in [0, 0.05) is 5.71 Å². The second kappa shape index (κ2) is 132. The first-order valence-corrected chi connectivity index (χ1v) is 5.20. The second-order valence-electron chi connectivity index (χ2n) is 2.00. The average molecular weight is 454 g/mol. The van der Waals surface area contributed by atoms with Crippen molar-refractivity contribution in [3.05, 3.63) is 25.7 Å². The molecule has 0 spiro atoms. The Kier molecular flexibility index (Phi) is 316. The molecule has 27 heavy (non-hydrogen) atoms. The smallest absolute Gasteiger partial charge is 0.358 e. The van der Waals surface area contributed by atoms with Gasteiger partial charge in [-0.25, -0.2) is 23.7 Å². The Morgan fingerprint density at radius 3 is 0.630 bits per heavy atom. The average Bonchev–Trinajstić information content (AvgIpc) is 2.54. The number of rotatable bonds is 0. The molecular formula is C23H34Fe2O2+. The van der Waals surface area contributed by atoms with E-state index in [1.807, 2.05) is 23.7 Å². The molecule has 2 N–H and O–H groups in total. The summed E-state index contributed by atoms with van der Waals surface area (Å²) in [5.74, 6) is 26.6. The van der Waals surface area contributed by atoms with E-state index in [1.54, 1.807) is 27.7 Å². The Balaban J connectivity index is -0.00000000921. The molecule has 0 atom stereocenters. The van der Waals surface area contributed by atoms with Crippen LogP contribution in [0.25, 0.3) is 0 Å². The van der Waals surface area contributed by atoms with Crippen molar-refractivity contribution in [3.63, 3.8) is 0 Å². The van der Waals surface area contributed by atoms with E-state index < -0.39 is 0 Å². The van der Waals surface area contributed by atoms with Crippen LogP contribution in [0.5, 0.6) is 0 Å². The zero-order valence-electron chi connectivity index (χ0n) is 13.6. The van der Waals surface area contributed by atoms with E-state index in [2.05, 4.69) is 47.4 Å². The minimum absolute atomic E-state index is 0. The minimum atomic E-state index is 0. The van der Waals surface area contributed by atoms with Gasteiger partial charge in [0.15, 0.2) is 0 Å². The molecule has 0 saturated carbocycles. The molecule has 0 aliphatic heterocycles. The van der Waals surface area contributed by atoms with Crippen LogP contribution in [0.4, 0.5) is 0 Å². The molecule has 2 nitrogen and oxygen atoms in total. The van der Waals surface area contributed by atoms with Crippen molar-refractivity contribution in [1.29, 1.82) is 0 Å². The van der Waals surface area contributed by atoms with Gasteiger partial charge in [-0.3, -0.25) is 57.9 Å². The number of hydrogen-bond acceptors (Lipinski definition) is 2. The van der Waals surface area contributed by atoms with Crippen LogP contribution < -0.4 is 0 Å². The Labute approximate surface area is 196 Å². The molecule has 0 heterocycles. The summed E-state index contributed by atoms with van der Waals surface area (Å²) in [5.41, 5.74) is 0. The van der Waals surface area contributed by atoms with E-state index in [9.17, 15) is 0 Å². The molecule has 1 radical (unpaired) electrons. The largest absolute Gasteiger partial charge is 3.00 e. The Hall–Kier alpha value is -2.56. The third-order valence-electron chi connectivity index (χ3n) is 0.750. The SMILES string of the molecule is C.C.C.OO.[C-]#CC#CC.[C-]#CC#CC.[C-]#CC#CC.[C-]#CC#CC.[Fe+2].[Fe+3].[HH].[HH].[HH].[HH]. The minimum Gasteiger partial charge on any atom is -0.358 e. The summed E-state index contributed by atoms with van der Waals surface area (Å²) >= 11 is 0. The Morgan fingerprint density at radius 1 is 0.519 bits per heavy atom. The molecule has 0 aromatic rings. The molecule has 0 unspecified atom stereocenters. The van der Waals surface area contributed by atoms with E-state index in [0.29, 0.717) is 0 Å². The van der Waals surface area contributed by atoms with Gasteiger partial charge in [-0.1, -0.05) is 22.3 Å². The third kappa shape index (κ3) is 364. The van der Waals surface area contributed by atoms with Crippen molar-refractivity contribution in [3.8, 4) is 71.0 Å². The molecule has 0 rings (SSSR count). The van der Waals surface area contributed by atoms with Crippen molar-refractivity contribution in [2.75, 3.05) is 0 Å². The van der Waals surface area contributed by atoms with Crippen LogP contribution in [0.2, 0.25) is 0 Å². The van der Waals surface area contributed by atoms with Gasteiger partial charge >= 0.3 is 34.1 Å². The summed E-state index contributed by atoms with van der Waals surface area (Å²) in [6.07, 6.45) is 24.7. The normalized spacial score (nSPS) is 2.59. The monoisotopic (exact) mass is 454 g/mol. The van der Waals surface area contributed by atoms with Crippen LogP contribution >= 0.6 is 0 Å². The summed E-state index contributed by atoms with van der Waals surface area (Å²) in [5, 5.41) is 12.0. The van der Waals surface area contributed by atoms with Gasteiger partial charge in [-0.05, 0) is 27.7 Å². The predicted octanol–water partition coefficient (Wildman–Crippen LogP) is 5.30. The van der Waals surface area contributed by atoms with E-state index in [1.165, 1.54) is 0 Å². The summed E-state index contributed by atoms with van der Waals surface area (Å²) in [6.45, 7) is 6.67. The summed E-state index contributed by atoms with van der Waals surface area (Å²) in [4.78, 5) is 0. The first kappa shape index (κ1) is 64.4. The van der Waals surface area contributed by atoms with Crippen molar-refractivity contribution < 1.29 is 50.4 Å². The third-order valence-corrected chi connectivity index (χ3v) is 0.750. The summed E-state index contributed by atoms with van der Waals surface area (Å²) < 4.78 is 0. The molecule has 4 heteroatoms. The Morgan fingerprint density at radius 2 is 0.630 bits per heavy atom. The van der Waals surface area contributed by atoms with E-state index in [0.717, 1.165) is 0 Å². The van der Waals surface area contributed by atoms with Crippen LogP contribution in [-0.4, -0.2) is 10.5 Å². The fourth-order valence-corrected chi connectivity index (χ4v) is 0.250. The van der Waals surface area contributed by atoms with Gasteiger partial charge in [-0.2, -0.15) is 0 Å². The molecule has 0 saturated heterocycles. The maximum Gasteiger partial charge on any atom is 3.00 e. The summed E-state index contributed by atoms with van der Waals surface area (Å²) in [7, 11) is 0. The van der Waals surface area contributed by atoms with Crippen molar-refractivity contribution in [2.24, 2.45) is 0 Å². The number of hydrogen-bond donors (Lipinski definition) is 2. The van der Waals surface area contributed by atoms with E-state index >= 15 is 0 Å². The molecule has 153 valence electrons. The summed E-state index contributed by atoms with van der Waals surface area (Å²) in [6, 6.07) is 0. The van der Waals surface area contributed by atoms with Gasteiger partial charge in [0.1, 0.15) is 0 Å². The molecule has 0 aliphatic carbocycles. The predicted molar refractivity (Wildman–Crippen MR) is 116 cm³/mol.